The van der Waals surface area contributed by atoms with E-state index in [9.17, 15) is 4.79 Å². The third kappa shape index (κ3) is 1.51. The standard InChI is InChI=1S/C8H14N4O/c9-4-5-2-1-3-6(5)7-10-8(13)12-11-7/h5-6H,1-4,9H2,(H2,10,11,12,13). The number of hydrogen-bond donors (Lipinski definition) is 3. The topological polar surface area (TPSA) is 87.6 Å². The summed E-state index contributed by atoms with van der Waals surface area (Å²) in [7, 11) is 0. The first-order valence-corrected chi connectivity index (χ1v) is 4.66. The molecule has 2 atom stereocenters. The van der Waals surface area contributed by atoms with Crippen molar-refractivity contribution in [1.82, 2.24) is 15.2 Å². The molecule has 4 N–H and O–H groups in total. The second-order valence-corrected chi connectivity index (χ2v) is 3.60. The Hall–Kier alpha value is -1.10. The van der Waals surface area contributed by atoms with Crippen LogP contribution < -0.4 is 11.4 Å². The van der Waals surface area contributed by atoms with Gasteiger partial charge in [-0.3, -0.25) is 4.98 Å². The Kier molecular flexibility index (Phi) is 2.18. The fourth-order valence-electron chi connectivity index (χ4n) is 2.14. The minimum atomic E-state index is -0.224. The van der Waals surface area contributed by atoms with E-state index in [0.29, 0.717) is 18.4 Å². The van der Waals surface area contributed by atoms with E-state index in [4.69, 9.17) is 5.73 Å². The van der Waals surface area contributed by atoms with Gasteiger partial charge in [0.05, 0.1) is 0 Å². The van der Waals surface area contributed by atoms with E-state index in [1.165, 1.54) is 6.42 Å². The maximum absolute atomic E-state index is 10.8. The lowest BCUT2D eigenvalue weighted by atomic mass is 9.96. The van der Waals surface area contributed by atoms with Crippen LogP contribution in [0.25, 0.3) is 0 Å². The molecule has 13 heavy (non-hydrogen) atoms. The largest absolute Gasteiger partial charge is 0.340 e. The summed E-state index contributed by atoms with van der Waals surface area (Å²) in [5.41, 5.74) is 5.41. The lowest BCUT2D eigenvalue weighted by molar-refractivity contribution is 0.478. The first kappa shape index (κ1) is 8.50. The molecule has 1 fully saturated rings. The van der Waals surface area contributed by atoms with Crippen LogP contribution in [0.15, 0.2) is 4.79 Å². The van der Waals surface area contributed by atoms with Crippen molar-refractivity contribution in [3.63, 3.8) is 0 Å². The summed E-state index contributed by atoms with van der Waals surface area (Å²) in [4.78, 5) is 13.5. The molecule has 0 aromatic carbocycles. The average Bonchev–Trinajstić information content (AvgIpc) is 2.71. The van der Waals surface area contributed by atoms with Gasteiger partial charge in [-0.25, -0.2) is 9.89 Å². The Labute approximate surface area is 75.7 Å². The van der Waals surface area contributed by atoms with E-state index < -0.39 is 0 Å². The molecule has 1 aromatic heterocycles. The van der Waals surface area contributed by atoms with Crippen LogP contribution in [0.3, 0.4) is 0 Å². The van der Waals surface area contributed by atoms with Gasteiger partial charge in [0.25, 0.3) is 0 Å². The van der Waals surface area contributed by atoms with Crippen molar-refractivity contribution < 1.29 is 0 Å². The zero-order valence-electron chi connectivity index (χ0n) is 7.42. The van der Waals surface area contributed by atoms with Crippen LogP contribution in [0.2, 0.25) is 0 Å². The number of aromatic amines is 2. The van der Waals surface area contributed by atoms with Crippen molar-refractivity contribution in [2.45, 2.75) is 25.2 Å². The highest BCUT2D eigenvalue weighted by Gasteiger charge is 2.29. The summed E-state index contributed by atoms with van der Waals surface area (Å²) in [6.07, 6.45) is 3.42. The summed E-state index contributed by atoms with van der Waals surface area (Å²) in [6, 6.07) is 0. The zero-order chi connectivity index (χ0) is 9.26. The average molecular weight is 182 g/mol. The molecular formula is C8H14N4O. The van der Waals surface area contributed by atoms with E-state index in [-0.39, 0.29) is 5.69 Å². The lowest BCUT2D eigenvalue weighted by Crippen LogP contribution is -2.18. The number of H-pyrrole nitrogens is 2. The van der Waals surface area contributed by atoms with Gasteiger partial charge in [-0.2, -0.15) is 5.10 Å². The Morgan fingerprint density at radius 3 is 3.00 bits per heavy atom. The minimum Gasteiger partial charge on any atom is -0.330 e. The van der Waals surface area contributed by atoms with Gasteiger partial charge in [0, 0.05) is 5.92 Å². The molecule has 5 heteroatoms. The summed E-state index contributed by atoms with van der Waals surface area (Å²) in [5, 5.41) is 6.34. The third-order valence-corrected chi connectivity index (χ3v) is 2.83. The first-order chi connectivity index (χ1) is 6.31. The van der Waals surface area contributed by atoms with Crippen molar-refractivity contribution in [2.75, 3.05) is 6.54 Å². The summed E-state index contributed by atoms with van der Waals surface area (Å²) >= 11 is 0. The van der Waals surface area contributed by atoms with Crippen LogP contribution in [0.4, 0.5) is 0 Å². The number of nitrogens with zero attached hydrogens (tertiary/aromatic N) is 1. The number of rotatable bonds is 2. The highest BCUT2D eigenvalue weighted by molar-refractivity contribution is 5.00. The molecule has 0 spiro atoms. The van der Waals surface area contributed by atoms with E-state index >= 15 is 0 Å². The van der Waals surface area contributed by atoms with E-state index in [1.54, 1.807) is 0 Å². The molecule has 1 aliphatic carbocycles. The SMILES string of the molecule is NCC1CCCC1c1n[nH]c(=O)[nH]1. The van der Waals surface area contributed by atoms with Gasteiger partial charge in [-0.05, 0) is 25.3 Å². The fraction of sp³-hybridized carbons (Fsp3) is 0.750. The van der Waals surface area contributed by atoms with Crippen molar-refractivity contribution in [3.05, 3.63) is 16.3 Å². The Balaban J connectivity index is 2.20. The van der Waals surface area contributed by atoms with Gasteiger partial charge in [0.15, 0.2) is 0 Å². The summed E-state index contributed by atoms with van der Waals surface area (Å²) in [6.45, 7) is 0.680. The summed E-state index contributed by atoms with van der Waals surface area (Å²) in [5.74, 6) is 1.61. The number of hydrogen-bond acceptors (Lipinski definition) is 3. The second kappa shape index (κ2) is 3.33. The van der Waals surface area contributed by atoms with Gasteiger partial charge in [-0.15, -0.1) is 0 Å². The van der Waals surface area contributed by atoms with Crippen molar-refractivity contribution in [2.24, 2.45) is 11.7 Å². The fourth-order valence-corrected chi connectivity index (χ4v) is 2.14. The Bertz CT molecular complexity index is 329. The van der Waals surface area contributed by atoms with Crippen molar-refractivity contribution in [1.29, 1.82) is 0 Å². The molecular weight excluding hydrogens is 168 g/mol. The van der Waals surface area contributed by atoms with E-state index in [0.717, 1.165) is 18.7 Å². The molecule has 1 aromatic rings. The molecule has 0 radical (unpaired) electrons. The highest BCUT2D eigenvalue weighted by atomic mass is 16.1. The molecule has 0 saturated heterocycles. The van der Waals surface area contributed by atoms with Crippen LogP contribution in [0.5, 0.6) is 0 Å². The predicted octanol–water partition coefficient (Wildman–Crippen LogP) is -0.0596. The van der Waals surface area contributed by atoms with Gasteiger partial charge < -0.3 is 5.73 Å². The molecule has 0 bridgehead atoms. The number of nitrogens with two attached hydrogens (primary N) is 1. The monoisotopic (exact) mass is 182 g/mol. The van der Waals surface area contributed by atoms with Gasteiger partial charge in [-0.1, -0.05) is 6.42 Å². The maximum Gasteiger partial charge on any atom is 0.340 e. The third-order valence-electron chi connectivity index (χ3n) is 2.83. The number of nitrogens with one attached hydrogen (secondary N) is 2. The maximum atomic E-state index is 10.8. The number of aromatic nitrogens is 3. The highest BCUT2D eigenvalue weighted by Crippen LogP contribution is 2.36. The Morgan fingerprint density at radius 2 is 2.38 bits per heavy atom. The van der Waals surface area contributed by atoms with Crippen LogP contribution in [-0.2, 0) is 0 Å². The van der Waals surface area contributed by atoms with Crippen LogP contribution >= 0.6 is 0 Å². The summed E-state index contributed by atoms with van der Waals surface area (Å²) < 4.78 is 0. The van der Waals surface area contributed by atoms with Gasteiger partial charge in [0.1, 0.15) is 5.82 Å². The predicted molar refractivity (Wildman–Crippen MR) is 48.3 cm³/mol. The first-order valence-electron chi connectivity index (χ1n) is 4.66. The molecule has 5 nitrogen and oxygen atoms in total. The molecule has 0 aliphatic heterocycles. The Morgan fingerprint density at radius 1 is 1.54 bits per heavy atom. The van der Waals surface area contributed by atoms with E-state index in [1.807, 2.05) is 0 Å². The van der Waals surface area contributed by atoms with Crippen LogP contribution in [0, 0.1) is 5.92 Å². The molecule has 0 amide bonds. The molecule has 2 rings (SSSR count). The van der Waals surface area contributed by atoms with E-state index in [2.05, 4.69) is 15.2 Å². The smallest absolute Gasteiger partial charge is 0.330 e. The van der Waals surface area contributed by atoms with Crippen LogP contribution in [-0.4, -0.2) is 21.7 Å². The second-order valence-electron chi connectivity index (χ2n) is 3.60. The normalized spacial score (nSPS) is 28.1. The van der Waals surface area contributed by atoms with Crippen molar-refractivity contribution >= 4 is 0 Å². The molecule has 1 saturated carbocycles. The minimum absolute atomic E-state index is 0.224. The molecule has 1 heterocycles. The van der Waals surface area contributed by atoms with Gasteiger partial charge >= 0.3 is 5.69 Å². The zero-order valence-corrected chi connectivity index (χ0v) is 7.42. The molecule has 2 unspecified atom stereocenters. The molecule has 72 valence electrons. The van der Waals surface area contributed by atoms with Crippen LogP contribution in [0.1, 0.15) is 31.0 Å². The quantitative estimate of drug-likeness (QED) is 0.598. The lowest BCUT2D eigenvalue weighted by Gasteiger charge is -2.13. The van der Waals surface area contributed by atoms with Gasteiger partial charge in [0.2, 0.25) is 0 Å². The van der Waals surface area contributed by atoms with Crippen molar-refractivity contribution in [3.8, 4) is 0 Å². The molecule has 1 aliphatic rings.